The minimum absolute atomic E-state index is 0.231. The number of thiophene rings is 1. The van der Waals surface area contributed by atoms with E-state index >= 15 is 0 Å². The smallest absolute Gasteiger partial charge is 0.281 e. The maximum atomic E-state index is 11.7. The lowest BCUT2D eigenvalue weighted by atomic mass is 10.2. The highest BCUT2D eigenvalue weighted by molar-refractivity contribution is 7.71. The van der Waals surface area contributed by atoms with Crippen LogP contribution in [0.15, 0.2) is 4.79 Å². The second-order valence-corrected chi connectivity index (χ2v) is 4.70. The number of aryl methyl sites for hydroxylation is 2. The molecule has 0 aliphatic heterocycles. The molecule has 0 spiro atoms. The summed E-state index contributed by atoms with van der Waals surface area (Å²) in [6.07, 6.45) is 0. The topological polar surface area (TPSA) is 63.8 Å². The Morgan fingerprint density at radius 1 is 1.50 bits per heavy atom. The lowest BCUT2D eigenvalue weighted by molar-refractivity contribution is 0.893. The normalized spacial score (nSPS) is 11.0. The van der Waals surface area contributed by atoms with Gasteiger partial charge in [-0.1, -0.05) is 0 Å². The molecular weight excluding hydrogens is 218 g/mol. The second kappa shape index (κ2) is 2.93. The molecule has 2 rings (SSSR count). The van der Waals surface area contributed by atoms with E-state index in [-0.39, 0.29) is 10.3 Å². The number of nitrogens with zero attached hydrogens (tertiary/aromatic N) is 1. The van der Waals surface area contributed by atoms with E-state index in [1.165, 1.54) is 11.3 Å². The largest absolute Gasteiger partial charge is 0.334 e. The Hall–Kier alpha value is -1.14. The number of H-pyrrole nitrogens is 1. The van der Waals surface area contributed by atoms with E-state index in [4.69, 9.17) is 18.1 Å². The molecule has 0 unspecified atom stereocenters. The Labute approximate surface area is 89.0 Å². The zero-order valence-corrected chi connectivity index (χ0v) is 9.38. The molecule has 0 fully saturated rings. The molecule has 2 aromatic heterocycles. The predicted molar refractivity (Wildman–Crippen MR) is 60.9 cm³/mol. The fourth-order valence-corrected chi connectivity index (χ4v) is 2.64. The van der Waals surface area contributed by atoms with E-state index in [0.29, 0.717) is 5.39 Å². The summed E-state index contributed by atoms with van der Waals surface area (Å²) < 4.78 is 1.22. The number of rotatable bonds is 0. The number of nitrogen functional groups attached to an aromatic ring is 1. The summed E-state index contributed by atoms with van der Waals surface area (Å²) in [5, 5.41) is 0.642. The van der Waals surface area contributed by atoms with Gasteiger partial charge >= 0.3 is 0 Å². The molecule has 0 saturated carbocycles. The van der Waals surface area contributed by atoms with Gasteiger partial charge in [-0.25, -0.2) is 0 Å². The van der Waals surface area contributed by atoms with Crippen LogP contribution in [-0.2, 0) is 0 Å². The van der Waals surface area contributed by atoms with Gasteiger partial charge in [0, 0.05) is 4.88 Å². The number of hydrogen-bond acceptors (Lipinski definition) is 4. The molecular formula is C8H9N3OS2. The summed E-state index contributed by atoms with van der Waals surface area (Å²) >= 11 is 6.43. The fraction of sp³-hybridized carbons (Fsp3) is 0.250. The van der Waals surface area contributed by atoms with Crippen molar-refractivity contribution in [2.45, 2.75) is 13.8 Å². The van der Waals surface area contributed by atoms with Gasteiger partial charge in [0.05, 0.1) is 5.39 Å². The highest BCUT2D eigenvalue weighted by atomic mass is 32.1. The van der Waals surface area contributed by atoms with Gasteiger partial charge in [-0.3, -0.25) is 4.79 Å². The van der Waals surface area contributed by atoms with E-state index in [1.54, 1.807) is 0 Å². The molecule has 0 atom stereocenters. The van der Waals surface area contributed by atoms with Crippen molar-refractivity contribution in [3.8, 4) is 0 Å². The van der Waals surface area contributed by atoms with E-state index in [1.807, 2.05) is 13.8 Å². The number of hydrogen-bond donors (Lipinski definition) is 2. The first-order chi connectivity index (χ1) is 6.52. The molecule has 0 saturated heterocycles. The zero-order chi connectivity index (χ0) is 10.5. The van der Waals surface area contributed by atoms with Gasteiger partial charge in [0.2, 0.25) is 0 Å². The maximum Gasteiger partial charge on any atom is 0.281 e. The summed E-state index contributed by atoms with van der Waals surface area (Å²) in [5.41, 5.74) is 0.742. The van der Waals surface area contributed by atoms with E-state index in [0.717, 1.165) is 19.9 Å². The summed E-state index contributed by atoms with van der Waals surface area (Å²) in [6, 6.07) is 0. The standard InChI is InChI=1S/C8H9N3OS2/c1-3-4(2)14-6-5(3)7(12)11(9)8(13)10-6/h9H2,1-2H3,(H,10,13). The van der Waals surface area contributed by atoms with Crippen LogP contribution in [0.2, 0.25) is 0 Å². The molecule has 2 aromatic rings. The molecule has 0 bridgehead atoms. The molecule has 4 nitrogen and oxygen atoms in total. The minimum Gasteiger partial charge on any atom is -0.334 e. The SMILES string of the molecule is Cc1sc2[nH]c(=S)n(N)c(=O)c2c1C. The summed E-state index contributed by atoms with van der Waals surface area (Å²) in [5.74, 6) is 5.50. The third-order valence-corrected chi connectivity index (χ3v) is 3.68. The van der Waals surface area contributed by atoms with Crippen LogP contribution in [-0.4, -0.2) is 9.66 Å². The second-order valence-electron chi connectivity index (χ2n) is 3.09. The highest BCUT2D eigenvalue weighted by Gasteiger charge is 2.10. The van der Waals surface area contributed by atoms with Gasteiger partial charge in [0.1, 0.15) is 4.83 Å². The van der Waals surface area contributed by atoms with Crippen LogP contribution in [0, 0.1) is 18.6 Å². The molecule has 0 aliphatic rings. The minimum atomic E-state index is -0.231. The van der Waals surface area contributed by atoms with Gasteiger partial charge < -0.3 is 10.8 Å². The number of nitrogens with one attached hydrogen (secondary N) is 1. The van der Waals surface area contributed by atoms with Crippen LogP contribution in [0.25, 0.3) is 10.2 Å². The average molecular weight is 227 g/mol. The summed E-state index contributed by atoms with van der Waals surface area (Å²) in [7, 11) is 0. The Morgan fingerprint density at radius 3 is 2.79 bits per heavy atom. The monoisotopic (exact) mass is 227 g/mol. The van der Waals surface area contributed by atoms with Crippen LogP contribution in [0.4, 0.5) is 0 Å². The fourth-order valence-electron chi connectivity index (χ4n) is 1.34. The molecule has 2 heterocycles. The van der Waals surface area contributed by atoms with Crippen molar-refractivity contribution >= 4 is 33.8 Å². The van der Waals surface area contributed by atoms with Crippen molar-refractivity contribution < 1.29 is 0 Å². The first-order valence-electron chi connectivity index (χ1n) is 4.02. The van der Waals surface area contributed by atoms with Gasteiger partial charge in [-0.05, 0) is 31.6 Å². The Morgan fingerprint density at radius 2 is 2.14 bits per heavy atom. The lowest BCUT2D eigenvalue weighted by Gasteiger charge is -1.98. The number of aromatic amines is 1. The molecule has 0 aromatic carbocycles. The molecule has 0 amide bonds. The van der Waals surface area contributed by atoms with Crippen LogP contribution < -0.4 is 11.4 Å². The number of aromatic nitrogens is 2. The van der Waals surface area contributed by atoms with Crippen molar-refractivity contribution in [3.63, 3.8) is 0 Å². The summed E-state index contributed by atoms with van der Waals surface area (Å²) in [6.45, 7) is 3.88. The average Bonchev–Trinajstić information content (AvgIpc) is 2.39. The van der Waals surface area contributed by atoms with Gasteiger partial charge in [0.15, 0.2) is 4.77 Å². The van der Waals surface area contributed by atoms with E-state index in [9.17, 15) is 4.79 Å². The molecule has 0 radical (unpaired) electrons. The van der Waals surface area contributed by atoms with Gasteiger partial charge in [-0.15, -0.1) is 11.3 Å². The van der Waals surface area contributed by atoms with Crippen LogP contribution in [0.5, 0.6) is 0 Å². The van der Waals surface area contributed by atoms with Crippen LogP contribution in [0.3, 0.4) is 0 Å². The Kier molecular flexibility index (Phi) is 1.97. The number of fused-ring (bicyclic) bond motifs is 1. The van der Waals surface area contributed by atoms with E-state index in [2.05, 4.69) is 4.98 Å². The molecule has 14 heavy (non-hydrogen) atoms. The summed E-state index contributed by atoms with van der Waals surface area (Å²) in [4.78, 5) is 16.6. The first-order valence-corrected chi connectivity index (χ1v) is 5.25. The van der Waals surface area contributed by atoms with Gasteiger partial charge in [-0.2, -0.15) is 4.68 Å². The molecule has 0 aliphatic carbocycles. The van der Waals surface area contributed by atoms with Crippen molar-refractivity contribution in [3.05, 3.63) is 25.6 Å². The third-order valence-electron chi connectivity index (χ3n) is 2.26. The lowest BCUT2D eigenvalue weighted by Crippen LogP contribution is -2.28. The highest BCUT2D eigenvalue weighted by Crippen LogP contribution is 2.25. The quantitative estimate of drug-likeness (QED) is 0.529. The molecule has 3 N–H and O–H groups in total. The Balaban J connectivity index is 3.15. The molecule has 6 heteroatoms. The van der Waals surface area contributed by atoms with E-state index < -0.39 is 0 Å². The first kappa shape index (κ1) is 9.42. The van der Waals surface area contributed by atoms with Crippen molar-refractivity contribution in [1.82, 2.24) is 9.66 Å². The zero-order valence-electron chi connectivity index (χ0n) is 7.75. The van der Waals surface area contributed by atoms with Crippen LogP contribution >= 0.6 is 23.6 Å². The van der Waals surface area contributed by atoms with Gasteiger partial charge in [0.25, 0.3) is 5.56 Å². The van der Waals surface area contributed by atoms with Crippen molar-refractivity contribution in [2.75, 3.05) is 5.84 Å². The van der Waals surface area contributed by atoms with Crippen molar-refractivity contribution in [1.29, 1.82) is 0 Å². The van der Waals surface area contributed by atoms with Crippen LogP contribution in [0.1, 0.15) is 10.4 Å². The maximum absolute atomic E-state index is 11.7. The predicted octanol–water partition coefficient (Wildman–Crippen LogP) is 1.45. The molecule has 74 valence electrons. The van der Waals surface area contributed by atoms with Crippen molar-refractivity contribution in [2.24, 2.45) is 0 Å². The number of nitrogens with two attached hydrogens (primary N) is 1. The third kappa shape index (κ3) is 1.11. The Bertz CT molecular complexity index is 620.